The van der Waals surface area contributed by atoms with E-state index in [4.69, 9.17) is 17.3 Å². The Morgan fingerprint density at radius 1 is 1.73 bits per heavy atom. The van der Waals surface area contributed by atoms with Crippen molar-refractivity contribution in [3.63, 3.8) is 0 Å². The van der Waals surface area contributed by atoms with Crippen molar-refractivity contribution in [3.8, 4) is 0 Å². The Balaban J connectivity index is 3.08. The van der Waals surface area contributed by atoms with Gasteiger partial charge in [0.05, 0.1) is 0 Å². The molecule has 0 aliphatic rings. The molecular formula is C7H15ClN2O. The lowest BCUT2D eigenvalue weighted by Crippen LogP contribution is -2.30. The van der Waals surface area contributed by atoms with E-state index in [9.17, 15) is 4.79 Å². The summed E-state index contributed by atoms with van der Waals surface area (Å²) in [6.45, 7) is 2.66. The van der Waals surface area contributed by atoms with Crippen molar-refractivity contribution >= 4 is 17.6 Å². The van der Waals surface area contributed by atoms with Crippen LogP contribution in [0.5, 0.6) is 0 Å². The number of hydrogen-bond donors (Lipinski definition) is 2. The van der Waals surface area contributed by atoms with Crippen LogP contribution in [0, 0.1) is 0 Å². The van der Waals surface area contributed by atoms with Gasteiger partial charge in [-0.1, -0.05) is 6.92 Å². The van der Waals surface area contributed by atoms with Crippen molar-refractivity contribution in [2.75, 3.05) is 6.54 Å². The molecule has 0 heterocycles. The van der Waals surface area contributed by atoms with E-state index < -0.39 is 6.03 Å². The summed E-state index contributed by atoms with van der Waals surface area (Å²) < 4.78 is 0. The monoisotopic (exact) mass is 178 g/mol. The topological polar surface area (TPSA) is 55.1 Å². The Bertz CT molecular complexity index is 119. The molecule has 0 saturated carbocycles. The largest absolute Gasteiger partial charge is 0.352 e. The van der Waals surface area contributed by atoms with Crippen molar-refractivity contribution in [1.29, 1.82) is 0 Å². The summed E-state index contributed by atoms with van der Waals surface area (Å²) in [5, 5.41) is 2.73. The van der Waals surface area contributed by atoms with Crippen LogP contribution in [-0.4, -0.2) is 18.0 Å². The highest BCUT2D eigenvalue weighted by molar-refractivity contribution is 6.20. The Hall–Kier alpha value is -0.440. The second-order valence-electron chi connectivity index (χ2n) is 2.44. The number of urea groups is 1. The maximum Gasteiger partial charge on any atom is 0.312 e. The molecule has 0 radical (unpaired) electrons. The highest BCUT2D eigenvalue weighted by Gasteiger charge is 2.00. The first-order valence-electron chi connectivity index (χ1n) is 3.84. The third kappa shape index (κ3) is 7.46. The number of nitrogens with two attached hydrogens (primary N) is 1. The van der Waals surface area contributed by atoms with Crippen LogP contribution >= 0.6 is 11.6 Å². The molecule has 0 aromatic heterocycles. The van der Waals surface area contributed by atoms with Crippen molar-refractivity contribution in [3.05, 3.63) is 0 Å². The summed E-state index contributed by atoms with van der Waals surface area (Å²) in [5.41, 5.74) is 4.86. The minimum atomic E-state index is -0.465. The van der Waals surface area contributed by atoms with Crippen LogP contribution in [0.25, 0.3) is 0 Å². The molecule has 0 spiro atoms. The van der Waals surface area contributed by atoms with Gasteiger partial charge in [-0.25, -0.2) is 4.79 Å². The van der Waals surface area contributed by atoms with Gasteiger partial charge in [0, 0.05) is 11.9 Å². The summed E-state index contributed by atoms with van der Waals surface area (Å²) in [7, 11) is 0. The molecule has 2 amide bonds. The number of amides is 2. The normalized spacial score (nSPS) is 12.5. The Kier molecular flexibility index (Phi) is 6.03. The molecule has 3 N–H and O–H groups in total. The highest BCUT2D eigenvalue weighted by atomic mass is 35.5. The molecule has 1 atom stereocenters. The molecule has 4 heteroatoms. The lowest BCUT2D eigenvalue weighted by atomic mass is 10.2. The van der Waals surface area contributed by atoms with Gasteiger partial charge in [0.1, 0.15) is 0 Å². The van der Waals surface area contributed by atoms with Crippen molar-refractivity contribution in [2.24, 2.45) is 5.73 Å². The molecule has 3 nitrogen and oxygen atoms in total. The summed E-state index contributed by atoms with van der Waals surface area (Å²) in [6, 6.07) is -0.465. The standard InChI is InChI=1S/C7H15ClN2O/c1-2-6(8)4-3-5-10-7(9)11/h6H,2-5H2,1H3,(H3,9,10,11). The van der Waals surface area contributed by atoms with Gasteiger partial charge < -0.3 is 11.1 Å². The van der Waals surface area contributed by atoms with Crippen LogP contribution in [0.15, 0.2) is 0 Å². The number of carbonyl (C=O) groups is 1. The fourth-order valence-corrected chi connectivity index (χ4v) is 0.894. The molecule has 0 aromatic carbocycles. The lowest BCUT2D eigenvalue weighted by Gasteiger charge is -2.05. The summed E-state index contributed by atoms with van der Waals surface area (Å²) in [4.78, 5) is 10.2. The quantitative estimate of drug-likeness (QED) is 0.486. The van der Waals surface area contributed by atoms with Crippen molar-refractivity contribution in [2.45, 2.75) is 31.6 Å². The Morgan fingerprint density at radius 2 is 2.36 bits per heavy atom. The summed E-state index contributed by atoms with van der Waals surface area (Å²) in [5.74, 6) is 0. The van der Waals surface area contributed by atoms with Gasteiger partial charge >= 0.3 is 6.03 Å². The Morgan fingerprint density at radius 3 is 2.82 bits per heavy atom. The fourth-order valence-electron chi connectivity index (χ4n) is 0.739. The van der Waals surface area contributed by atoms with E-state index in [2.05, 4.69) is 5.32 Å². The zero-order valence-corrected chi connectivity index (χ0v) is 7.53. The SMILES string of the molecule is CCC(Cl)CCCNC(N)=O. The maximum absolute atomic E-state index is 10.2. The van der Waals surface area contributed by atoms with Crippen LogP contribution in [0.4, 0.5) is 4.79 Å². The molecule has 1 unspecified atom stereocenters. The molecule has 11 heavy (non-hydrogen) atoms. The van der Waals surface area contributed by atoms with E-state index >= 15 is 0 Å². The van der Waals surface area contributed by atoms with Gasteiger partial charge in [-0.3, -0.25) is 0 Å². The average Bonchev–Trinajstić information content (AvgIpc) is 1.97. The number of nitrogens with one attached hydrogen (secondary N) is 1. The molecule has 66 valence electrons. The predicted molar refractivity (Wildman–Crippen MR) is 46.8 cm³/mol. The number of hydrogen-bond acceptors (Lipinski definition) is 1. The van der Waals surface area contributed by atoms with Gasteiger partial charge in [-0.15, -0.1) is 11.6 Å². The number of alkyl halides is 1. The first kappa shape index (κ1) is 10.6. The minimum absolute atomic E-state index is 0.227. The molecule has 0 fully saturated rings. The molecule has 0 saturated heterocycles. The second kappa shape index (κ2) is 6.28. The maximum atomic E-state index is 10.2. The van der Waals surface area contributed by atoms with E-state index in [1.165, 1.54) is 0 Å². The summed E-state index contributed by atoms with van der Waals surface area (Å²) in [6.07, 6.45) is 2.79. The van der Waals surface area contributed by atoms with Crippen molar-refractivity contribution in [1.82, 2.24) is 5.32 Å². The zero-order chi connectivity index (χ0) is 8.69. The predicted octanol–water partition coefficient (Wildman–Crippen LogP) is 1.45. The van der Waals surface area contributed by atoms with Crippen LogP contribution in [-0.2, 0) is 0 Å². The van der Waals surface area contributed by atoms with Crippen LogP contribution in [0.1, 0.15) is 26.2 Å². The van der Waals surface area contributed by atoms with Gasteiger partial charge in [-0.2, -0.15) is 0 Å². The highest BCUT2D eigenvalue weighted by Crippen LogP contribution is 2.07. The first-order valence-corrected chi connectivity index (χ1v) is 4.27. The molecule has 0 aromatic rings. The number of halogens is 1. The summed E-state index contributed by atoms with van der Waals surface area (Å²) >= 11 is 5.84. The van der Waals surface area contributed by atoms with Gasteiger partial charge in [0.25, 0.3) is 0 Å². The fraction of sp³-hybridized carbons (Fsp3) is 0.857. The third-order valence-corrected chi connectivity index (χ3v) is 1.96. The average molecular weight is 179 g/mol. The Labute approximate surface area is 72.3 Å². The van der Waals surface area contributed by atoms with E-state index in [0.29, 0.717) is 6.54 Å². The van der Waals surface area contributed by atoms with Crippen LogP contribution in [0.3, 0.4) is 0 Å². The lowest BCUT2D eigenvalue weighted by molar-refractivity contribution is 0.248. The number of primary amides is 1. The molecule has 0 bridgehead atoms. The van der Waals surface area contributed by atoms with Gasteiger partial charge in [0.15, 0.2) is 0 Å². The smallest absolute Gasteiger partial charge is 0.312 e. The molecular weight excluding hydrogens is 164 g/mol. The van der Waals surface area contributed by atoms with Crippen LogP contribution < -0.4 is 11.1 Å². The second-order valence-corrected chi connectivity index (χ2v) is 3.06. The van der Waals surface area contributed by atoms with Crippen LogP contribution in [0.2, 0.25) is 0 Å². The first-order chi connectivity index (χ1) is 5.16. The minimum Gasteiger partial charge on any atom is -0.352 e. The molecule has 0 aliphatic carbocycles. The van der Waals surface area contributed by atoms with E-state index in [1.807, 2.05) is 6.92 Å². The van der Waals surface area contributed by atoms with Crippen molar-refractivity contribution < 1.29 is 4.79 Å². The van der Waals surface area contributed by atoms with Gasteiger partial charge in [0.2, 0.25) is 0 Å². The number of carbonyl (C=O) groups excluding carboxylic acids is 1. The third-order valence-electron chi connectivity index (χ3n) is 1.44. The molecule has 0 rings (SSSR count). The van der Waals surface area contributed by atoms with E-state index in [1.54, 1.807) is 0 Å². The van der Waals surface area contributed by atoms with E-state index in [-0.39, 0.29) is 5.38 Å². The number of rotatable bonds is 5. The van der Waals surface area contributed by atoms with E-state index in [0.717, 1.165) is 19.3 Å². The zero-order valence-electron chi connectivity index (χ0n) is 6.77. The molecule has 0 aliphatic heterocycles. The van der Waals surface area contributed by atoms with Gasteiger partial charge in [-0.05, 0) is 19.3 Å².